The highest BCUT2D eigenvalue weighted by Crippen LogP contribution is 2.41. The number of thiazole rings is 1. The molecule has 164 valence electrons. The quantitative estimate of drug-likeness (QED) is 0.467. The van der Waals surface area contributed by atoms with Crippen molar-refractivity contribution in [3.05, 3.63) is 68.7 Å². The molecule has 1 saturated carbocycles. The van der Waals surface area contributed by atoms with E-state index in [0.717, 1.165) is 18.5 Å². The molecule has 2 N–H and O–H groups in total. The molecule has 5 rings (SSSR count). The number of hydrogen-bond donors (Lipinski definition) is 2. The van der Waals surface area contributed by atoms with Crippen LogP contribution >= 0.6 is 11.3 Å². The summed E-state index contributed by atoms with van der Waals surface area (Å²) in [6.45, 7) is 1.46. The molecule has 3 aromatic heterocycles. The fourth-order valence-electron chi connectivity index (χ4n) is 3.60. The number of anilines is 1. The monoisotopic (exact) mass is 459 g/mol. The van der Waals surface area contributed by atoms with Crippen molar-refractivity contribution in [3.8, 4) is 11.1 Å². The molecule has 4 aromatic rings. The third kappa shape index (κ3) is 3.48. The topological polar surface area (TPSA) is 92.2 Å². The van der Waals surface area contributed by atoms with Gasteiger partial charge in [0, 0.05) is 17.0 Å². The first kappa shape index (κ1) is 20.4. The summed E-state index contributed by atoms with van der Waals surface area (Å²) < 4.78 is 41.8. The Bertz CT molecular complexity index is 1400. The van der Waals surface area contributed by atoms with Crippen molar-refractivity contribution in [2.24, 2.45) is 0 Å². The van der Waals surface area contributed by atoms with Crippen LogP contribution in [0.1, 0.15) is 46.2 Å². The third-order valence-corrected chi connectivity index (χ3v) is 6.04. The molecule has 1 fully saturated rings. The molecule has 0 saturated heterocycles. The van der Waals surface area contributed by atoms with Crippen molar-refractivity contribution in [3.63, 3.8) is 0 Å². The Kier molecular flexibility index (Phi) is 4.66. The van der Waals surface area contributed by atoms with E-state index < -0.39 is 23.3 Å². The number of aryl methyl sites for hydroxylation is 1. The number of benzene rings is 1. The summed E-state index contributed by atoms with van der Waals surface area (Å²) in [5.74, 6) is -0.354. The van der Waals surface area contributed by atoms with Gasteiger partial charge in [0.15, 0.2) is 10.8 Å². The fraction of sp³-hybridized carbons (Fsp3) is 0.238. The molecule has 32 heavy (non-hydrogen) atoms. The maximum absolute atomic E-state index is 13.7. The highest BCUT2D eigenvalue weighted by Gasteiger charge is 2.39. The normalized spacial score (nSPS) is 14.1. The van der Waals surface area contributed by atoms with Crippen LogP contribution in [0.3, 0.4) is 0 Å². The Labute approximate surface area is 182 Å². The molecule has 0 spiro atoms. The molecule has 0 aliphatic heterocycles. The summed E-state index contributed by atoms with van der Waals surface area (Å²) in [5.41, 5.74) is -1.59. The number of aromatic nitrogens is 4. The van der Waals surface area contributed by atoms with Gasteiger partial charge in [-0.25, -0.2) is 4.98 Å². The number of nitrogens with zero attached hydrogens (tertiary/aromatic N) is 3. The van der Waals surface area contributed by atoms with Gasteiger partial charge < -0.3 is 4.98 Å². The van der Waals surface area contributed by atoms with E-state index in [4.69, 9.17) is 0 Å². The zero-order chi connectivity index (χ0) is 22.6. The number of rotatable bonds is 4. The van der Waals surface area contributed by atoms with Crippen LogP contribution in [0.5, 0.6) is 0 Å². The minimum atomic E-state index is -4.80. The maximum Gasteiger partial charge on any atom is 0.435 e. The number of H-pyrrole nitrogens is 1. The van der Waals surface area contributed by atoms with Crippen LogP contribution in [0.15, 0.2) is 40.5 Å². The highest BCUT2D eigenvalue weighted by molar-refractivity contribution is 7.14. The molecule has 0 bridgehead atoms. The van der Waals surface area contributed by atoms with Crippen LogP contribution in [-0.4, -0.2) is 25.5 Å². The second-order valence-electron chi connectivity index (χ2n) is 7.58. The number of nitrogens with one attached hydrogen (secondary N) is 2. The van der Waals surface area contributed by atoms with Crippen LogP contribution < -0.4 is 10.9 Å². The molecule has 1 aliphatic rings. The Morgan fingerprint density at radius 3 is 2.62 bits per heavy atom. The first-order chi connectivity index (χ1) is 15.2. The van der Waals surface area contributed by atoms with Crippen molar-refractivity contribution in [1.29, 1.82) is 0 Å². The molecule has 0 unspecified atom stereocenters. The molecular formula is C21H16F3N5O2S. The lowest BCUT2D eigenvalue weighted by Crippen LogP contribution is -2.29. The minimum absolute atomic E-state index is 0.129. The van der Waals surface area contributed by atoms with Gasteiger partial charge in [0.2, 0.25) is 0 Å². The first-order valence-electron chi connectivity index (χ1n) is 9.79. The minimum Gasteiger partial charge on any atom is -0.342 e. The molecule has 1 aliphatic carbocycles. The lowest BCUT2D eigenvalue weighted by atomic mass is 10.1. The van der Waals surface area contributed by atoms with Crippen LogP contribution in [0.2, 0.25) is 0 Å². The molecule has 3 heterocycles. The Balaban J connectivity index is 1.62. The van der Waals surface area contributed by atoms with E-state index in [2.05, 4.69) is 20.4 Å². The predicted octanol–water partition coefficient (Wildman–Crippen LogP) is 4.60. The van der Waals surface area contributed by atoms with Crippen LogP contribution in [0.4, 0.5) is 18.3 Å². The lowest BCUT2D eigenvalue weighted by molar-refractivity contribution is -0.140. The molecule has 7 nitrogen and oxygen atoms in total. The van der Waals surface area contributed by atoms with Crippen molar-refractivity contribution >= 4 is 28.0 Å². The van der Waals surface area contributed by atoms with Gasteiger partial charge in [0.1, 0.15) is 11.2 Å². The van der Waals surface area contributed by atoms with Crippen molar-refractivity contribution in [1.82, 2.24) is 19.6 Å². The first-order valence-corrected chi connectivity index (χ1v) is 10.7. The molecule has 1 amide bonds. The molecule has 1 aromatic carbocycles. The van der Waals surface area contributed by atoms with Gasteiger partial charge in [0.25, 0.3) is 11.5 Å². The largest absolute Gasteiger partial charge is 0.435 e. The van der Waals surface area contributed by atoms with Crippen LogP contribution in [0.25, 0.3) is 16.8 Å². The van der Waals surface area contributed by atoms with Gasteiger partial charge >= 0.3 is 6.18 Å². The van der Waals surface area contributed by atoms with E-state index >= 15 is 0 Å². The number of carbonyl (C=O) groups excluding carboxylic acids is 1. The maximum atomic E-state index is 13.7. The van der Waals surface area contributed by atoms with Crippen molar-refractivity contribution in [2.45, 2.75) is 31.9 Å². The van der Waals surface area contributed by atoms with Crippen LogP contribution in [0, 0.1) is 6.92 Å². The summed E-state index contributed by atoms with van der Waals surface area (Å²) in [6.07, 6.45) is -2.69. The number of hydrogen-bond acceptors (Lipinski definition) is 5. The SMILES string of the molecule is Cc1[nH]c2c(-c3ccccc3)c(C(F)(F)F)nn2c(=O)c1C(=O)Nc1nc(C2CC2)cs1. The van der Waals surface area contributed by atoms with E-state index in [1.165, 1.54) is 30.4 Å². The zero-order valence-corrected chi connectivity index (χ0v) is 17.5. The van der Waals surface area contributed by atoms with E-state index in [1.54, 1.807) is 18.2 Å². The van der Waals surface area contributed by atoms with Crippen molar-refractivity contribution < 1.29 is 18.0 Å². The number of fused-ring (bicyclic) bond motifs is 1. The predicted molar refractivity (Wildman–Crippen MR) is 113 cm³/mol. The van der Waals surface area contributed by atoms with Gasteiger partial charge in [-0.05, 0) is 25.3 Å². The summed E-state index contributed by atoms with van der Waals surface area (Å²) in [6, 6.07) is 7.86. The number of carbonyl (C=O) groups is 1. The zero-order valence-electron chi connectivity index (χ0n) is 16.7. The molecule has 0 radical (unpaired) electrons. The van der Waals surface area contributed by atoms with Gasteiger partial charge in [-0.3, -0.25) is 14.9 Å². The molecule has 11 heteroatoms. The average Bonchev–Trinajstić information content (AvgIpc) is 3.35. The van der Waals surface area contributed by atoms with E-state index in [9.17, 15) is 22.8 Å². The Morgan fingerprint density at radius 2 is 1.97 bits per heavy atom. The molecular weight excluding hydrogens is 443 g/mol. The molecule has 0 atom stereocenters. The van der Waals surface area contributed by atoms with E-state index in [1.807, 2.05) is 5.38 Å². The number of halogens is 3. The van der Waals surface area contributed by atoms with Crippen molar-refractivity contribution in [2.75, 3.05) is 5.32 Å². The van der Waals surface area contributed by atoms with E-state index in [-0.39, 0.29) is 28.0 Å². The average molecular weight is 459 g/mol. The lowest BCUT2D eigenvalue weighted by Gasteiger charge is -2.08. The third-order valence-electron chi connectivity index (χ3n) is 5.27. The number of aromatic amines is 1. The Morgan fingerprint density at radius 1 is 1.25 bits per heavy atom. The fourth-order valence-corrected chi connectivity index (χ4v) is 4.39. The Hall–Kier alpha value is -3.47. The highest BCUT2D eigenvalue weighted by atomic mass is 32.1. The standard InChI is InChI=1S/C21H16F3N5O2S/c1-10-14(18(30)27-20-26-13(9-32-20)11-7-8-11)19(31)29-17(25-10)15(12-5-3-2-4-6-12)16(28-29)21(22,23)24/h2-6,9,11,25H,7-8H2,1H3,(H,26,27,30). The van der Waals surface area contributed by atoms with Gasteiger partial charge in [0.05, 0.1) is 11.3 Å². The summed E-state index contributed by atoms with van der Waals surface area (Å²) >= 11 is 1.24. The van der Waals surface area contributed by atoms with E-state index in [0.29, 0.717) is 15.6 Å². The number of amides is 1. The van der Waals surface area contributed by atoms with Gasteiger partial charge in [-0.15, -0.1) is 11.3 Å². The second kappa shape index (κ2) is 7.30. The summed E-state index contributed by atoms with van der Waals surface area (Å²) in [4.78, 5) is 33.0. The smallest absolute Gasteiger partial charge is 0.342 e. The van der Waals surface area contributed by atoms with Gasteiger partial charge in [-0.2, -0.15) is 22.8 Å². The number of alkyl halides is 3. The second-order valence-corrected chi connectivity index (χ2v) is 8.44. The van der Waals surface area contributed by atoms with Gasteiger partial charge in [-0.1, -0.05) is 30.3 Å². The van der Waals surface area contributed by atoms with Crippen LogP contribution in [-0.2, 0) is 6.18 Å². The summed E-state index contributed by atoms with van der Waals surface area (Å²) in [5, 5.41) is 8.30. The summed E-state index contributed by atoms with van der Waals surface area (Å²) in [7, 11) is 0.